The molecule has 0 aromatic carbocycles. The van der Waals surface area contributed by atoms with E-state index in [1.807, 2.05) is 0 Å². The Hall–Kier alpha value is -0.120. The third-order valence-corrected chi connectivity index (χ3v) is 1.58. The lowest BCUT2D eigenvalue weighted by Crippen LogP contribution is -2.40. The summed E-state index contributed by atoms with van der Waals surface area (Å²) in [5, 5.41) is 11.8. The molecule has 0 heterocycles. The molecule has 0 amide bonds. The topological polar surface area (TPSA) is 58.3 Å². The molecule has 4 N–H and O–H groups in total. The first-order chi connectivity index (χ1) is 4.70. The molecule has 0 saturated heterocycles. The molecule has 0 rings (SSSR count). The van der Waals surface area contributed by atoms with Crippen LogP contribution in [0.3, 0.4) is 0 Å². The molecule has 0 aromatic heterocycles. The fraction of sp³-hybridized carbons (Fsp3) is 1.00. The van der Waals surface area contributed by atoms with Gasteiger partial charge in [0.05, 0.1) is 6.61 Å². The van der Waals surface area contributed by atoms with E-state index >= 15 is 0 Å². The van der Waals surface area contributed by atoms with Crippen molar-refractivity contribution in [2.75, 3.05) is 13.2 Å². The van der Waals surface area contributed by atoms with Crippen molar-refractivity contribution in [3.8, 4) is 0 Å². The van der Waals surface area contributed by atoms with Crippen molar-refractivity contribution >= 4 is 0 Å². The van der Waals surface area contributed by atoms with Crippen LogP contribution in [0.4, 0.5) is 0 Å². The van der Waals surface area contributed by atoms with E-state index in [4.69, 9.17) is 10.8 Å². The first kappa shape index (κ1) is 9.88. The van der Waals surface area contributed by atoms with Crippen LogP contribution in [-0.2, 0) is 0 Å². The second kappa shape index (κ2) is 5.65. The van der Waals surface area contributed by atoms with E-state index in [1.54, 1.807) is 0 Å². The number of nitrogens with one attached hydrogen (secondary N) is 1. The zero-order valence-electron chi connectivity index (χ0n) is 6.80. The van der Waals surface area contributed by atoms with Gasteiger partial charge in [-0.05, 0) is 13.3 Å². The number of nitrogens with two attached hydrogens (primary N) is 1. The van der Waals surface area contributed by atoms with Crippen molar-refractivity contribution in [2.24, 2.45) is 5.73 Å². The molecule has 3 nitrogen and oxygen atoms in total. The third kappa shape index (κ3) is 4.73. The summed E-state index contributed by atoms with van der Waals surface area (Å²) in [6, 6.07) is 0.381. The predicted octanol–water partition coefficient (Wildman–Crippen LogP) is -0.306. The molecule has 2 atom stereocenters. The van der Waals surface area contributed by atoms with Crippen molar-refractivity contribution in [3.05, 3.63) is 0 Å². The molecule has 0 fully saturated rings. The molecule has 0 spiro atoms. The summed E-state index contributed by atoms with van der Waals surface area (Å²) in [5.74, 6) is 0. The van der Waals surface area contributed by atoms with Crippen LogP contribution >= 0.6 is 0 Å². The van der Waals surface area contributed by atoms with Crippen LogP contribution in [0, 0.1) is 0 Å². The smallest absolute Gasteiger partial charge is 0.0594 e. The highest BCUT2D eigenvalue weighted by molar-refractivity contribution is 4.65. The van der Waals surface area contributed by atoms with Crippen LogP contribution in [0.15, 0.2) is 0 Å². The Morgan fingerprint density at radius 3 is 2.60 bits per heavy atom. The van der Waals surface area contributed by atoms with Gasteiger partial charge < -0.3 is 16.2 Å². The Morgan fingerprint density at radius 1 is 1.60 bits per heavy atom. The zero-order chi connectivity index (χ0) is 7.98. The highest BCUT2D eigenvalue weighted by Gasteiger charge is 2.01. The molecule has 1 unspecified atom stereocenters. The lowest BCUT2D eigenvalue weighted by Gasteiger charge is -2.14. The van der Waals surface area contributed by atoms with Crippen LogP contribution in [0.25, 0.3) is 0 Å². The van der Waals surface area contributed by atoms with Gasteiger partial charge in [-0.3, -0.25) is 0 Å². The predicted molar refractivity (Wildman–Crippen MR) is 42.8 cm³/mol. The van der Waals surface area contributed by atoms with E-state index in [1.165, 1.54) is 0 Å². The van der Waals surface area contributed by atoms with E-state index in [-0.39, 0.29) is 12.6 Å². The minimum absolute atomic E-state index is 0.0590. The van der Waals surface area contributed by atoms with Crippen LogP contribution in [0.1, 0.15) is 20.3 Å². The molecule has 0 aromatic rings. The highest BCUT2D eigenvalue weighted by Crippen LogP contribution is 1.86. The van der Waals surface area contributed by atoms with Gasteiger partial charge in [0.15, 0.2) is 0 Å². The molecular formula is C7H18N2O. The molecule has 0 saturated carbocycles. The summed E-state index contributed by atoms with van der Waals surface area (Å²) >= 11 is 0. The maximum absolute atomic E-state index is 8.56. The van der Waals surface area contributed by atoms with Crippen molar-refractivity contribution in [1.82, 2.24) is 5.32 Å². The second-order valence-electron chi connectivity index (χ2n) is 2.66. The fourth-order valence-electron chi connectivity index (χ4n) is 0.561. The Labute approximate surface area is 62.6 Å². The lowest BCUT2D eigenvalue weighted by atomic mass is 10.2. The maximum Gasteiger partial charge on any atom is 0.0594 e. The summed E-state index contributed by atoms with van der Waals surface area (Å²) in [6.45, 7) is 4.97. The number of hydrogen-bond donors (Lipinski definition) is 3. The monoisotopic (exact) mass is 146 g/mol. The normalized spacial score (nSPS) is 16.8. The second-order valence-corrected chi connectivity index (χ2v) is 2.66. The maximum atomic E-state index is 8.56. The van der Waals surface area contributed by atoms with Crippen LogP contribution < -0.4 is 11.1 Å². The molecule has 0 radical (unpaired) electrons. The summed E-state index contributed by atoms with van der Waals surface area (Å²) in [5.41, 5.74) is 5.46. The third-order valence-electron chi connectivity index (χ3n) is 1.58. The average molecular weight is 146 g/mol. The fourth-order valence-corrected chi connectivity index (χ4v) is 0.561. The van der Waals surface area contributed by atoms with E-state index in [0.29, 0.717) is 12.6 Å². The van der Waals surface area contributed by atoms with Crippen LogP contribution in [-0.4, -0.2) is 30.3 Å². The van der Waals surface area contributed by atoms with Gasteiger partial charge in [0.25, 0.3) is 0 Å². The van der Waals surface area contributed by atoms with Crippen molar-refractivity contribution in [3.63, 3.8) is 0 Å². The minimum Gasteiger partial charge on any atom is -0.395 e. The SMILES string of the molecule is CCC(C)NC[C@H](N)CO. The average Bonchev–Trinajstić information content (AvgIpc) is 1.99. The van der Waals surface area contributed by atoms with Crippen molar-refractivity contribution in [1.29, 1.82) is 0 Å². The first-order valence-corrected chi connectivity index (χ1v) is 3.80. The van der Waals surface area contributed by atoms with Gasteiger partial charge >= 0.3 is 0 Å². The molecule has 0 aliphatic carbocycles. The van der Waals surface area contributed by atoms with E-state index in [2.05, 4.69) is 19.2 Å². The highest BCUT2D eigenvalue weighted by atomic mass is 16.3. The van der Waals surface area contributed by atoms with Gasteiger partial charge in [0.1, 0.15) is 0 Å². The Morgan fingerprint density at radius 2 is 2.20 bits per heavy atom. The summed E-state index contributed by atoms with van der Waals surface area (Å²) < 4.78 is 0. The van der Waals surface area contributed by atoms with E-state index in [0.717, 1.165) is 6.42 Å². The van der Waals surface area contributed by atoms with Crippen LogP contribution in [0.2, 0.25) is 0 Å². The zero-order valence-corrected chi connectivity index (χ0v) is 6.80. The molecule has 10 heavy (non-hydrogen) atoms. The first-order valence-electron chi connectivity index (χ1n) is 3.80. The van der Waals surface area contributed by atoms with Crippen molar-refractivity contribution < 1.29 is 5.11 Å². The number of hydrogen-bond acceptors (Lipinski definition) is 3. The van der Waals surface area contributed by atoms with Gasteiger partial charge in [-0.2, -0.15) is 0 Å². The van der Waals surface area contributed by atoms with Crippen LogP contribution in [0.5, 0.6) is 0 Å². The molecular weight excluding hydrogens is 128 g/mol. The van der Waals surface area contributed by atoms with Gasteiger partial charge in [-0.15, -0.1) is 0 Å². The molecule has 3 heteroatoms. The molecule has 0 aliphatic rings. The summed E-state index contributed by atoms with van der Waals surface area (Å²) in [4.78, 5) is 0. The van der Waals surface area contributed by atoms with Gasteiger partial charge in [-0.25, -0.2) is 0 Å². The van der Waals surface area contributed by atoms with Crippen molar-refractivity contribution in [2.45, 2.75) is 32.4 Å². The van der Waals surface area contributed by atoms with Gasteiger partial charge in [-0.1, -0.05) is 6.92 Å². The number of aliphatic hydroxyl groups excluding tert-OH is 1. The van der Waals surface area contributed by atoms with E-state index in [9.17, 15) is 0 Å². The minimum atomic E-state index is -0.117. The largest absolute Gasteiger partial charge is 0.395 e. The quantitative estimate of drug-likeness (QED) is 0.499. The number of aliphatic hydroxyl groups is 1. The number of rotatable bonds is 5. The van der Waals surface area contributed by atoms with E-state index < -0.39 is 0 Å². The molecule has 62 valence electrons. The molecule has 0 aliphatic heterocycles. The Bertz CT molecular complexity index is 68.0. The standard InChI is InChI=1S/C7H18N2O/c1-3-6(2)9-4-7(8)5-10/h6-7,9-10H,3-5,8H2,1-2H3/t6?,7-/m0/s1. The van der Waals surface area contributed by atoms with Gasteiger partial charge in [0.2, 0.25) is 0 Å². The Kier molecular flexibility index (Phi) is 5.58. The summed E-state index contributed by atoms with van der Waals surface area (Å²) in [6.07, 6.45) is 1.10. The van der Waals surface area contributed by atoms with Gasteiger partial charge in [0, 0.05) is 18.6 Å². The lowest BCUT2D eigenvalue weighted by molar-refractivity contribution is 0.259. The Balaban J connectivity index is 3.17. The molecule has 0 bridgehead atoms. The summed E-state index contributed by atoms with van der Waals surface area (Å²) in [7, 11) is 0.